The zero-order valence-electron chi connectivity index (χ0n) is 27.2. The largest absolute Gasteiger partial charge is 0.394 e. The zero-order valence-corrected chi connectivity index (χ0v) is 27.2. The van der Waals surface area contributed by atoms with E-state index in [2.05, 4.69) is 13.8 Å². The maximum atomic E-state index is 11.8. The van der Waals surface area contributed by atoms with Gasteiger partial charge in [-0.25, -0.2) is 0 Å². The van der Waals surface area contributed by atoms with Crippen molar-refractivity contribution in [3.05, 3.63) is 107 Å². The molecule has 3 aromatic carbocycles. The SMILES string of the molecule is CCCCCOCC(COC1(c2ccccc2C(c2ccccc2)c2ccccc2)O[C@H](CO)[C@@H](O)[C@H](O)[C@H]1O)OCCCCC. The summed E-state index contributed by atoms with van der Waals surface area (Å²) in [6.45, 7) is 5.08. The number of benzene rings is 3. The van der Waals surface area contributed by atoms with Crippen LogP contribution in [0.5, 0.6) is 0 Å². The van der Waals surface area contributed by atoms with Crippen molar-refractivity contribution >= 4 is 0 Å². The molecule has 6 atom stereocenters. The number of aliphatic hydroxyl groups excluding tert-OH is 4. The molecule has 0 amide bonds. The highest BCUT2D eigenvalue weighted by Gasteiger charge is 2.56. The van der Waals surface area contributed by atoms with Crippen LogP contribution in [0, 0.1) is 0 Å². The molecule has 1 heterocycles. The van der Waals surface area contributed by atoms with Crippen LogP contribution in [-0.4, -0.2) is 84.0 Å². The zero-order chi connectivity index (χ0) is 32.8. The van der Waals surface area contributed by atoms with Gasteiger partial charge < -0.3 is 39.4 Å². The molecule has 0 radical (unpaired) electrons. The van der Waals surface area contributed by atoms with Crippen molar-refractivity contribution in [3.63, 3.8) is 0 Å². The Morgan fingerprint density at radius 3 is 1.91 bits per heavy atom. The average molecular weight is 637 g/mol. The average Bonchev–Trinajstić information content (AvgIpc) is 3.10. The second kappa shape index (κ2) is 18.6. The maximum Gasteiger partial charge on any atom is 0.225 e. The van der Waals surface area contributed by atoms with E-state index >= 15 is 0 Å². The van der Waals surface area contributed by atoms with E-state index in [1.54, 1.807) is 0 Å². The Morgan fingerprint density at radius 2 is 1.30 bits per heavy atom. The topological polar surface area (TPSA) is 118 Å². The summed E-state index contributed by atoms with van der Waals surface area (Å²) in [6, 6.07) is 27.6. The minimum Gasteiger partial charge on any atom is -0.394 e. The third-order valence-corrected chi connectivity index (χ3v) is 8.64. The molecule has 0 spiro atoms. The van der Waals surface area contributed by atoms with Gasteiger partial charge in [0.2, 0.25) is 5.79 Å². The monoisotopic (exact) mass is 636 g/mol. The highest BCUT2D eigenvalue weighted by Crippen LogP contribution is 2.45. The van der Waals surface area contributed by atoms with Gasteiger partial charge in [0.15, 0.2) is 0 Å². The van der Waals surface area contributed by atoms with Gasteiger partial charge in [0.05, 0.1) is 19.8 Å². The van der Waals surface area contributed by atoms with Gasteiger partial charge in [-0.15, -0.1) is 0 Å². The summed E-state index contributed by atoms with van der Waals surface area (Å²) in [7, 11) is 0. The molecule has 4 rings (SSSR count). The van der Waals surface area contributed by atoms with Crippen LogP contribution in [0.3, 0.4) is 0 Å². The molecule has 46 heavy (non-hydrogen) atoms. The summed E-state index contributed by atoms with van der Waals surface area (Å²) in [5.41, 5.74) is 3.30. The number of hydrogen-bond donors (Lipinski definition) is 4. The standard InChI is InChI=1S/C38H52O8/c1-3-5-15-23-43-26-30(44-24-16-6-4-2)27-45-38(37(42)36(41)35(40)33(25-39)46-38)32-22-14-13-21-31(32)34(28-17-9-7-10-18-28)29-19-11-8-12-20-29/h7-14,17-22,30,33-37,39-42H,3-6,15-16,23-27H2,1-2H3/t30?,33-,35-,36+,37-,38?/m1/s1. The van der Waals surface area contributed by atoms with E-state index in [0.29, 0.717) is 18.8 Å². The molecule has 1 saturated heterocycles. The first-order valence-corrected chi connectivity index (χ1v) is 16.8. The first-order valence-electron chi connectivity index (χ1n) is 16.8. The summed E-state index contributed by atoms with van der Waals surface area (Å²) in [5.74, 6) is -2.23. The van der Waals surface area contributed by atoms with Crippen molar-refractivity contribution in [3.8, 4) is 0 Å². The molecular weight excluding hydrogens is 584 g/mol. The van der Waals surface area contributed by atoms with Crippen molar-refractivity contribution < 1.29 is 39.4 Å². The Bertz CT molecular complexity index is 1220. The van der Waals surface area contributed by atoms with Gasteiger partial charge in [0.1, 0.15) is 30.5 Å². The summed E-state index contributed by atoms with van der Waals surface area (Å²) in [5, 5.41) is 44.0. The van der Waals surface area contributed by atoms with Gasteiger partial charge in [-0.05, 0) is 29.5 Å². The molecule has 0 bridgehead atoms. The van der Waals surface area contributed by atoms with E-state index in [9.17, 15) is 20.4 Å². The maximum absolute atomic E-state index is 11.8. The summed E-state index contributed by atoms with van der Waals surface area (Å²) >= 11 is 0. The Hall–Kier alpha value is -2.66. The molecule has 0 saturated carbocycles. The second-order valence-corrected chi connectivity index (χ2v) is 12.1. The predicted molar refractivity (Wildman–Crippen MR) is 177 cm³/mol. The van der Waals surface area contributed by atoms with Crippen molar-refractivity contribution in [2.45, 2.75) is 94.6 Å². The van der Waals surface area contributed by atoms with Crippen LogP contribution in [0.4, 0.5) is 0 Å². The van der Waals surface area contributed by atoms with Crippen LogP contribution in [0.1, 0.15) is 80.5 Å². The van der Waals surface area contributed by atoms with E-state index in [4.69, 9.17) is 18.9 Å². The fourth-order valence-electron chi connectivity index (χ4n) is 6.10. The fourth-order valence-corrected chi connectivity index (χ4v) is 6.10. The molecular formula is C38H52O8. The third-order valence-electron chi connectivity index (χ3n) is 8.64. The lowest BCUT2D eigenvalue weighted by molar-refractivity contribution is -0.377. The summed E-state index contributed by atoms with van der Waals surface area (Å²) in [4.78, 5) is 0. The quantitative estimate of drug-likeness (QED) is 0.104. The van der Waals surface area contributed by atoms with E-state index in [1.165, 1.54) is 0 Å². The van der Waals surface area contributed by atoms with E-state index in [-0.39, 0.29) is 19.1 Å². The molecule has 0 aliphatic carbocycles. The Kier molecular flexibility index (Phi) is 14.6. The molecule has 1 aliphatic heterocycles. The third kappa shape index (κ3) is 9.02. The minimum absolute atomic E-state index is 0.0202. The predicted octanol–water partition coefficient (Wildman–Crippen LogP) is 5.29. The molecule has 2 unspecified atom stereocenters. The Labute approximate surface area is 273 Å². The normalized spacial score (nSPS) is 23.9. The first-order chi connectivity index (χ1) is 22.5. The van der Waals surface area contributed by atoms with Crippen LogP contribution in [0.2, 0.25) is 0 Å². The van der Waals surface area contributed by atoms with Crippen molar-refractivity contribution in [1.82, 2.24) is 0 Å². The molecule has 0 aromatic heterocycles. The van der Waals surface area contributed by atoms with Gasteiger partial charge in [0.25, 0.3) is 0 Å². The fraction of sp³-hybridized carbons (Fsp3) is 0.526. The van der Waals surface area contributed by atoms with Crippen LogP contribution in [0.15, 0.2) is 84.9 Å². The number of aliphatic hydroxyl groups is 4. The van der Waals surface area contributed by atoms with E-state index < -0.39 is 42.9 Å². The lowest BCUT2D eigenvalue weighted by Gasteiger charge is -2.49. The highest BCUT2D eigenvalue weighted by atomic mass is 16.7. The molecule has 8 nitrogen and oxygen atoms in total. The van der Waals surface area contributed by atoms with Crippen molar-refractivity contribution in [2.24, 2.45) is 0 Å². The summed E-state index contributed by atoms with van der Waals surface area (Å²) in [6.07, 6.45) is -0.459. The molecule has 252 valence electrons. The minimum atomic E-state index is -1.95. The van der Waals surface area contributed by atoms with Gasteiger partial charge in [0, 0.05) is 24.7 Å². The van der Waals surface area contributed by atoms with Crippen LogP contribution in [-0.2, 0) is 24.7 Å². The molecule has 8 heteroatoms. The molecule has 4 N–H and O–H groups in total. The lowest BCUT2D eigenvalue weighted by Crippen LogP contribution is -2.65. The second-order valence-electron chi connectivity index (χ2n) is 12.1. The van der Waals surface area contributed by atoms with Gasteiger partial charge >= 0.3 is 0 Å². The van der Waals surface area contributed by atoms with Gasteiger partial charge in [-0.3, -0.25) is 0 Å². The Balaban J connectivity index is 1.76. The Morgan fingerprint density at radius 1 is 0.717 bits per heavy atom. The smallest absolute Gasteiger partial charge is 0.225 e. The number of ether oxygens (including phenoxy) is 4. The first kappa shape index (κ1) is 36.2. The van der Waals surface area contributed by atoms with Crippen LogP contribution < -0.4 is 0 Å². The van der Waals surface area contributed by atoms with E-state index in [1.807, 2.05) is 84.9 Å². The highest BCUT2D eigenvalue weighted by molar-refractivity contribution is 5.48. The number of rotatable bonds is 19. The van der Waals surface area contributed by atoms with Crippen LogP contribution in [0.25, 0.3) is 0 Å². The van der Waals surface area contributed by atoms with Crippen LogP contribution >= 0.6 is 0 Å². The summed E-state index contributed by atoms with van der Waals surface area (Å²) < 4.78 is 25.2. The molecule has 1 fully saturated rings. The molecule has 3 aromatic rings. The van der Waals surface area contributed by atoms with Gasteiger partial charge in [-0.2, -0.15) is 0 Å². The van der Waals surface area contributed by atoms with Crippen molar-refractivity contribution in [1.29, 1.82) is 0 Å². The number of hydrogen-bond acceptors (Lipinski definition) is 8. The van der Waals surface area contributed by atoms with Crippen molar-refractivity contribution in [2.75, 3.05) is 33.0 Å². The number of unbranched alkanes of at least 4 members (excludes halogenated alkanes) is 4. The van der Waals surface area contributed by atoms with E-state index in [0.717, 1.165) is 55.2 Å². The van der Waals surface area contributed by atoms with Gasteiger partial charge in [-0.1, -0.05) is 124 Å². The molecule has 1 aliphatic rings. The lowest BCUT2D eigenvalue weighted by atomic mass is 9.78.